The molecule has 0 aliphatic carbocycles. The van der Waals surface area contributed by atoms with Gasteiger partial charge in [0.15, 0.2) is 0 Å². The van der Waals surface area contributed by atoms with E-state index in [1.54, 1.807) is 12.1 Å². The molecule has 0 aliphatic heterocycles. The molecule has 3 N–H and O–H groups in total. The van der Waals surface area contributed by atoms with Crippen LogP contribution in [-0.4, -0.2) is 24.9 Å². The van der Waals surface area contributed by atoms with Gasteiger partial charge in [-0.1, -0.05) is 30.3 Å². The Labute approximate surface area is 132 Å². The molecule has 0 aromatic heterocycles. The molecule has 7 heteroatoms. The molecule has 3 aromatic rings. The van der Waals surface area contributed by atoms with E-state index in [2.05, 4.69) is 16.7 Å². The second-order valence-corrected chi connectivity index (χ2v) is 6.57. The Bertz CT molecular complexity index is 999. The highest BCUT2D eigenvalue weighted by Gasteiger charge is 2.08. The fourth-order valence-corrected chi connectivity index (χ4v) is 2.66. The van der Waals surface area contributed by atoms with Crippen molar-refractivity contribution in [2.45, 2.75) is 0 Å². The van der Waals surface area contributed by atoms with Gasteiger partial charge in [-0.2, -0.15) is 8.42 Å². The zero-order chi connectivity index (χ0) is 16.4. The van der Waals surface area contributed by atoms with Crippen molar-refractivity contribution in [3.8, 4) is 0 Å². The van der Waals surface area contributed by atoms with Crippen LogP contribution < -0.4 is 10.6 Å². The van der Waals surface area contributed by atoms with Gasteiger partial charge in [-0.3, -0.25) is 4.55 Å². The number of rotatable bonds is 3. The third-order valence-corrected chi connectivity index (χ3v) is 3.89. The first-order chi connectivity index (χ1) is 10.9. The third-order valence-electron chi connectivity index (χ3n) is 3.38. The summed E-state index contributed by atoms with van der Waals surface area (Å²) < 4.78 is 29.8. The molecule has 0 saturated heterocycles. The second-order valence-electron chi connectivity index (χ2n) is 5.12. The van der Waals surface area contributed by atoms with E-state index in [-0.39, 0.29) is 0 Å². The molecule has 6 nitrogen and oxygen atoms in total. The predicted molar refractivity (Wildman–Crippen MR) is 90.0 cm³/mol. The molecule has 0 unspecified atom stereocenters. The number of fused-ring (bicyclic) bond motifs is 2. The zero-order valence-electron chi connectivity index (χ0n) is 12.0. The van der Waals surface area contributed by atoms with Crippen LogP contribution in [0, 0.1) is 0 Å². The molecule has 0 aliphatic rings. The predicted octanol–water partition coefficient (Wildman–Crippen LogP) is 2.96. The van der Waals surface area contributed by atoms with Crippen LogP contribution in [0.5, 0.6) is 0 Å². The summed E-state index contributed by atoms with van der Waals surface area (Å²) >= 11 is 0. The lowest BCUT2D eigenvalue weighted by atomic mass is 10.0. The Hall–Kier alpha value is -2.64. The topological polar surface area (TPSA) is 95.5 Å². The van der Waals surface area contributed by atoms with Crippen LogP contribution in [0.3, 0.4) is 0 Å². The fraction of sp³-hybridized carbons (Fsp3) is 0.0625. The minimum absolute atomic E-state index is 0.528. The molecule has 23 heavy (non-hydrogen) atoms. The number of urea groups is 1. The van der Waals surface area contributed by atoms with Crippen molar-refractivity contribution >= 4 is 43.4 Å². The van der Waals surface area contributed by atoms with Gasteiger partial charge in [-0.05, 0) is 45.8 Å². The molecule has 3 rings (SSSR count). The molecule has 2 amide bonds. The number of anilines is 1. The molecule has 118 valence electrons. The Morgan fingerprint density at radius 1 is 0.913 bits per heavy atom. The summed E-state index contributed by atoms with van der Waals surface area (Å²) in [6.07, 6.45) is 0. The van der Waals surface area contributed by atoms with E-state index < -0.39 is 22.0 Å². The molecule has 0 radical (unpaired) electrons. The zero-order valence-corrected chi connectivity index (χ0v) is 12.8. The van der Waals surface area contributed by atoms with Crippen molar-refractivity contribution in [3.05, 3.63) is 54.6 Å². The van der Waals surface area contributed by atoms with Crippen LogP contribution in [0.25, 0.3) is 21.5 Å². The highest BCUT2D eigenvalue weighted by atomic mass is 32.2. The Morgan fingerprint density at radius 2 is 1.52 bits per heavy atom. The van der Waals surface area contributed by atoms with Crippen LogP contribution in [0.15, 0.2) is 54.6 Å². The number of nitrogens with one attached hydrogen (secondary N) is 2. The number of benzene rings is 3. The average molecular weight is 330 g/mol. The van der Waals surface area contributed by atoms with E-state index in [1.807, 2.05) is 36.4 Å². The molecule has 0 spiro atoms. The van der Waals surface area contributed by atoms with Crippen LogP contribution in [0.1, 0.15) is 0 Å². The van der Waals surface area contributed by atoms with Crippen molar-refractivity contribution in [2.24, 2.45) is 0 Å². The highest BCUT2D eigenvalue weighted by Crippen LogP contribution is 2.25. The third kappa shape index (κ3) is 3.77. The largest absolute Gasteiger partial charge is 0.321 e. The number of carbonyl (C=O) groups excluding carboxylic acids is 1. The van der Waals surface area contributed by atoms with E-state index in [1.165, 1.54) is 0 Å². The minimum atomic E-state index is -4.24. The maximum Gasteiger partial charge on any atom is 0.320 e. The summed E-state index contributed by atoms with van der Waals surface area (Å²) in [5.41, 5.74) is 0.528. The van der Waals surface area contributed by atoms with Crippen LogP contribution >= 0.6 is 0 Å². The molecular formula is C16H14N2O4S. The Balaban J connectivity index is 1.85. The van der Waals surface area contributed by atoms with Gasteiger partial charge in [0, 0.05) is 5.69 Å². The quantitative estimate of drug-likeness (QED) is 0.508. The molecule has 0 saturated carbocycles. The first kappa shape index (κ1) is 15.3. The van der Waals surface area contributed by atoms with Crippen LogP contribution in [0.4, 0.5) is 10.5 Å². The fourth-order valence-electron chi connectivity index (χ4n) is 2.35. The van der Waals surface area contributed by atoms with Gasteiger partial charge in [-0.25, -0.2) is 4.79 Å². The van der Waals surface area contributed by atoms with E-state index in [9.17, 15) is 13.2 Å². The monoisotopic (exact) mass is 330 g/mol. The average Bonchev–Trinajstić information content (AvgIpc) is 2.50. The van der Waals surface area contributed by atoms with Crippen molar-refractivity contribution in [3.63, 3.8) is 0 Å². The van der Waals surface area contributed by atoms with E-state index >= 15 is 0 Å². The van der Waals surface area contributed by atoms with Crippen LogP contribution in [0.2, 0.25) is 0 Å². The molecular weight excluding hydrogens is 316 g/mol. The van der Waals surface area contributed by atoms with Crippen LogP contribution in [-0.2, 0) is 10.1 Å². The SMILES string of the molecule is O=C(NCS(=O)(=O)O)Nc1ccc2cc3ccccc3cc2c1. The summed E-state index contributed by atoms with van der Waals surface area (Å²) in [5, 5.41) is 8.80. The van der Waals surface area contributed by atoms with Crippen molar-refractivity contribution in [1.82, 2.24) is 5.32 Å². The maximum atomic E-state index is 11.6. The smallest absolute Gasteiger partial charge is 0.320 e. The van der Waals surface area contributed by atoms with Gasteiger partial charge in [0.25, 0.3) is 10.1 Å². The maximum absolute atomic E-state index is 11.6. The summed E-state index contributed by atoms with van der Waals surface area (Å²) in [6.45, 7) is 0. The van der Waals surface area contributed by atoms with E-state index in [4.69, 9.17) is 4.55 Å². The summed E-state index contributed by atoms with van der Waals surface area (Å²) in [7, 11) is -4.24. The Kier molecular flexibility index (Phi) is 3.89. The first-order valence-electron chi connectivity index (χ1n) is 6.83. The normalized spacial score (nSPS) is 11.5. The first-order valence-corrected chi connectivity index (χ1v) is 8.44. The molecule has 3 aromatic carbocycles. The molecule has 0 heterocycles. The molecule has 0 atom stereocenters. The highest BCUT2D eigenvalue weighted by molar-refractivity contribution is 7.85. The van der Waals surface area contributed by atoms with Gasteiger partial charge in [0.2, 0.25) is 0 Å². The van der Waals surface area contributed by atoms with E-state index in [0.29, 0.717) is 5.69 Å². The number of hydrogen-bond donors (Lipinski definition) is 3. The van der Waals surface area contributed by atoms with Gasteiger partial charge in [0.05, 0.1) is 0 Å². The van der Waals surface area contributed by atoms with Gasteiger partial charge in [0.1, 0.15) is 5.88 Å². The Morgan fingerprint density at radius 3 is 2.17 bits per heavy atom. The lowest BCUT2D eigenvalue weighted by molar-refractivity contribution is 0.253. The van der Waals surface area contributed by atoms with Crippen molar-refractivity contribution in [1.29, 1.82) is 0 Å². The summed E-state index contributed by atoms with van der Waals surface area (Å²) in [6, 6.07) is 16.8. The van der Waals surface area contributed by atoms with E-state index in [0.717, 1.165) is 21.5 Å². The lowest BCUT2D eigenvalue weighted by Gasteiger charge is -2.08. The van der Waals surface area contributed by atoms with Crippen molar-refractivity contribution < 1.29 is 17.8 Å². The lowest BCUT2D eigenvalue weighted by Crippen LogP contribution is -2.33. The number of amides is 2. The van der Waals surface area contributed by atoms with Gasteiger partial charge >= 0.3 is 6.03 Å². The minimum Gasteiger partial charge on any atom is -0.321 e. The van der Waals surface area contributed by atoms with Crippen molar-refractivity contribution in [2.75, 3.05) is 11.2 Å². The summed E-state index contributed by atoms with van der Waals surface area (Å²) in [5.74, 6) is -0.836. The van der Waals surface area contributed by atoms with Gasteiger partial charge in [-0.15, -0.1) is 0 Å². The second kappa shape index (κ2) is 5.86. The number of carbonyl (C=O) groups is 1. The molecule has 0 fully saturated rings. The molecule has 0 bridgehead atoms. The number of hydrogen-bond acceptors (Lipinski definition) is 3. The van der Waals surface area contributed by atoms with Gasteiger partial charge < -0.3 is 10.6 Å². The summed E-state index contributed by atoms with van der Waals surface area (Å²) in [4.78, 5) is 11.6. The standard InChI is InChI=1S/C16H14N2O4S/c19-16(17-10-23(20,21)22)18-15-6-5-13-7-11-3-1-2-4-12(11)8-14(13)9-15/h1-9H,10H2,(H2,17,18,19)(H,20,21,22).